The first-order chi connectivity index (χ1) is 11.9. The summed E-state index contributed by atoms with van der Waals surface area (Å²) in [6, 6.07) is 6.40. The number of anilines is 1. The zero-order chi connectivity index (χ0) is 18.0. The summed E-state index contributed by atoms with van der Waals surface area (Å²) in [7, 11) is 0. The number of carbonyl (C=O) groups excluding carboxylic acids is 1. The molecule has 0 fully saturated rings. The summed E-state index contributed by atoms with van der Waals surface area (Å²) < 4.78 is 10.6. The third-order valence-corrected chi connectivity index (χ3v) is 3.56. The van der Waals surface area contributed by atoms with E-state index in [-0.39, 0.29) is 31.5 Å². The fraction of sp³-hybridized carbons (Fsp3) is 0.312. The van der Waals surface area contributed by atoms with Gasteiger partial charge in [0.1, 0.15) is 5.69 Å². The molecule has 132 valence electrons. The van der Waals surface area contributed by atoms with Crippen molar-refractivity contribution in [3.05, 3.63) is 45.9 Å². The third kappa shape index (κ3) is 3.89. The number of fused-ring (bicyclic) bond motifs is 1. The average Bonchev–Trinajstić information content (AvgIpc) is 3.00. The Kier molecular flexibility index (Phi) is 4.57. The van der Waals surface area contributed by atoms with Crippen LogP contribution >= 0.6 is 0 Å². The van der Waals surface area contributed by atoms with Gasteiger partial charge in [0.25, 0.3) is 11.5 Å². The Bertz CT molecular complexity index is 849. The molecule has 2 heterocycles. The number of aliphatic hydroxyl groups is 1. The van der Waals surface area contributed by atoms with E-state index in [2.05, 4.69) is 9.97 Å². The Balaban J connectivity index is 1.86. The van der Waals surface area contributed by atoms with Crippen LogP contribution in [-0.2, 0) is 6.54 Å². The second-order valence-electron chi connectivity index (χ2n) is 5.74. The molecule has 9 nitrogen and oxygen atoms in total. The van der Waals surface area contributed by atoms with E-state index in [0.29, 0.717) is 11.5 Å². The maximum atomic E-state index is 12.7. The van der Waals surface area contributed by atoms with Crippen molar-refractivity contribution in [2.75, 3.05) is 19.1 Å². The number of aromatic amines is 1. The molecule has 4 N–H and O–H groups in total. The van der Waals surface area contributed by atoms with E-state index in [1.165, 1.54) is 4.90 Å². The second-order valence-corrected chi connectivity index (χ2v) is 5.74. The summed E-state index contributed by atoms with van der Waals surface area (Å²) in [6.45, 7) is 2.00. The molecular formula is C16H18N4O5. The van der Waals surface area contributed by atoms with Gasteiger partial charge < -0.3 is 25.2 Å². The number of nitrogens with two attached hydrogens (primary N) is 1. The third-order valence-electron chi connectivity index (χ3n) is 3.56. The molecule has 1 amide bonds. The Morgan fingerprint density at radius 1 is 1.40 bits per heavy atom. The van der Waals surface area contributed by atoms with E-state index in [4.69, 9.17) is 15.2 Å². The first-order valence-corrected chi connectivity index (χ1v) is 7.65. The van der Waals surface area contributed by atoms with Crippen LogP contribution in [0.15, 0.2) is 29.1 Å². The standard InChI is InChI=1S/C16H18N4O5/c1-9(21)6-20(15(23)11-5-14(22)19-16(17)18-11)7-10-2-3-12-13(4-10)25-8-24-12/h2-5,9,21H,6-8H2,1H3,(H3,17,18,19,22)/t9-/m0/s1. The lowest BCUT2D eigenvalue weighted by Crippen LogP contribution is -2.37. The van der Waals surface area contributed by atoms with Crippen molar-refractivity contribution in [1.82, 2.24) is 14.9 Å². The summed E-state index contributed by atoms with van der Waals surface area (Å²) >= 11 is 0. The van der Waals surface area contributed by atoms with Crippen molar-refractivity contribution < 1.29 is 19.4 Å². The first-order valence-electron chi connectivity index (χ1n) is 7.65. The number of amides is 1. The second kappa shape index (κ2) is 6.81. The van der Waals surface area contributed by atoms with Gasteiger partial charge in [0, 0.05) is 19.2 Å². The molecule has 1 aromatic carbocycles. The largest absolute Gasteiger partial charge is 0.454 e. The summed E-state index contributed by atoms with van der Waals surface area (Å²) in [5, 5.41) is 9.71. The van der Waals surface area contributed by atoms with Gasteiger partial charge in [0.15, 0.2) is 11.5 Å². The molecule has 9 heteroatoms. The highest BCUT2D eigenvalue weighted by Crippen LogP contribution is 2.32. The SMILES string of the molecule is C[C@H](O)CN(Cc1ccc2c(c1)OCO2)C(=O)c1cc(=O)[nH]c(N)n1. The molecular weight excluding hydrogens is 328 g/mol. The summed E-state index contributed by atoms with van der Waals surface area (Å²) in [6.07, 6.45) is -0.752. The highest BCUT2D eigenvalue weighted by Gasteiger charge is 2.21. The van der Waals surface area contributed by atoms with Crippen LogP contribution in [0.5, 0.6) is 11.5 Å². The van der Waals surface area contributed by atoms with Crippen molar-refractivity contribution in [1.29, 1.82) is 0 Å². The van der Waals surface area contributed by atoms with E-state index in [1.807, 2.05) is 0 Å². The number of aromatic nitrogens is 2. The molecule has 2 aromatic rings. The van der Waals surface area contributed by atoms with E-state index >= 15 is 0 Å². The van der Waals surface area contributed by atoms with Crippen molar-refractivity contribution >= 4 is 11.9 Å². The molecule has 25 heavy (non-hydrogen) atoms. The van der Waals surface area contributed by atoms with E-state index in [9.17, 15) is 14.7 Å². The van der Waals surface area contributed by atoms with Crippen molar-refractivity contribution in [2.45, 2.75) is 19.6 Å². The molecule has 0 saturated heterocycles. The van der Waals surface area contributed by atoms with Crippen LogP contribution in [-0.4, -0.2) is 45.3 Å². The number of aliphatic hydroxyl groups excluding tert-OH is 1. The first kappa shape index (κ1) is 16.8. The minimum absolute atomic E-state index is 0.0711. The molecule has 0 radical (unpaired) electrons. The maximum Gasteiger partial charge on any atom is 0.273 e. The van der Waals surface area contributed by atoms with Gasteiger partial charge in [-0.15, -0.1) is 0 Å². The van der Waals surface area contributed by atoms with E-state index in [0.717, 1.165) is 11.6 Å². The van der Waals surface area contributed by atoms with E-state index < -0.39 is 17.6 Å². The molecule has 0 bridgehead atoms. The molecule has 0 spiro atoms. The van der Waals surface area contributed by atoms with Crippen LogP contribution in [0.2, 0.25) is 0 Å². The molecule has 0 unspecified atom stereocenters. The molecule has 0 aliphatic carbocycles. The Morgan fingerprint density at radius 3 is 2.88 bits per heavy atom. The van der Waals surface area contributed by atoms with E-state index in [1.54, 1.807) is 25.1 Å². The number of nitrogens with zero attached hydrogens (tertiary/aromatic N) is 2. The smallest absolute Gasteiger partial charge is 0.273 e. The number of H-pyrrole nitrogens is 1. The Hall–Kier alpha value is -3.07. The van der Waals surface area contributed by atoms with Gasteiger partial charge >= 0.3 is 0 Å². The molecule has 1 aliphatic rings. The predicted molar refractivity (Wildman–Crippen MR) is 88.3 cm³/mol. The van der Waals surface area contributed by atoms with Crippen LogP contribution in [0, 0.1) is 0 Å². The minimum atomic E-state index is -0.752. The zero-order valence-electron chi connectivity index (χ0n) is 13.6. The van der Waals surface area contributed by atoms with Crippen LogP contribution < -0.4 is 20.8 Å². The van der Waals surface area contributed by atoms with Gasteiger partial charge in [0.2, 0.25) is 12.7 Å². The molecule has 1 atom stereocenters. The van der Waals surface area contributed by atoms with Gasteiger partial charge in [-0.2, -0.15) is 0 Å². The lowest BCUT2D eigenvalue weighted by atomic mass is 10.1. The molecule has 3 rings (SSSR count). The normalized spacial score (nSPS) is 13.5. The number of nitrogen functional groups attached to an aromatic ring is 1. The van der Waals surface area contributed by atoms with Crippen molar-refractivity contribution in [3.8, 4) is 11.5 Å². The highest BCUT2D eigenvalue weighted by molar-refractivity contribution is 5.92. The summed E-state index contributed by atoms with van der Waals surface area (Å²) in [5.41, 5.74) is 5.68. The van der Waals surface area contributed by atoms with Crippen molar-refractivity contribution in [3.63, 3.8) is 0 Å². The number of ether oxygens (including phenoxy) is 2. The van der Waals surface area contributed by atoms with Gasteiger partial charge in [-0.25, -0.2) is 4.98 Å². The van der Waals surface area contributed by atoms with Crippen LogP contribution in [0.1, 0.15) is 23.0 Å². The fourth-order valence-electron chi connectivity index (χ4n) is 2.55. The lowest BCUT2D eigenvalue weighted by Gasteiger charge is -2.24. The zero-order valence-corrected chi connectivity index (χ0v) is 13.6. The predicted octanol–water partition coefficient (Wildman–Crippen LogP) is 0.104. The molecule has 0 saturated carbocycles. The number of nitrogens with one attached hydrogen (secondary N) is 1. The molecule has 1 aliphatic heterocycles. The lowest BCUT2D eigenvalue weighted by molar-refractivity contribution is 0.0624. The number of hydrogen-bond acceptors (Lipinski definition) is 7. The van der Waals surface area contributed by atoms with Gasteiger partial charge in [-0.05, 0) is 24.6 Å². The van der Waals surface area contributed by atoms with Gasteiger partial charge in [0.05, 0.1) is 6.10 Å². The fourth-order valence-corrected chi connectivity index (χ4v) is 2.55. The van der Waals surface area contributed by atoms with Crippen LogP contribution in [0.3, 0.4) is 0 Å². The number of benzene rings is 1. The Morgan fingerprint density at radius 2 is 2.16 bits per heavy atom. The van der Waals surface area contributed by atoms with Gasteiger partial charge in [-0.1, -0.05) is 6.07 Å². The number of rotatable bonds is 5. The summed E-state index contributed by atoms with van der Waals surface area (Å²) in [5.74, 6) is 0.592. The number of hydrogen-bond donors (Lipinski definition) is 3. The van der Waals surface area contributed by atoms with Crippen LogP contribution in [0.4, 0.5) is 5.95 Å². The van der Waals surface area contributed by atoms with Crippen LogP contribution in [0.25, 0.3) is 0 Å². The number of carbonyl (C=O) groups is 1. The highest BCUT2D eigenvalue weighted by atomic mass is 16.7. The van der Waals surface area contributed by atoms with Crippen molar-refractivity contribution in [2.24, 2.45) is 0 Å². The summed E-state index contributed by atoms with van der Waals surface area (Å²) in [4.78, 5) is 31.8. The quantitative estimate of drug-likeness (QED) is 0.700. The average molecular weight is 346 g/mol. The maximum absolute atomic E-state index is 12.7. The Labute approximate surface area is 143 Å². The minimum Gasteiger partial charge on any atom is -0.454 e. The molecule has 1 aromatic heterocycles. The topological polar surface area (TPSA) is 131 Å². The van der Waals surface area contributed by atoms with Gasteiger partial charge in [-0.3, -0.25) is 14.6 Å². The monoisotopic (exact) mass is 346 g/mol.